The molecule has 1 heterocycles. The van der Waals surface area contributed by atoms with E-state index < -0.39 is 5.97 Å². The maximum atomic E-state index is 10.0. The number of aromatic carboxylic acids is 1. The third-order valence-corrected chi connectivity index (χ3v) is 0.868. The zero-order valence-electron chi connectivity index (χ0n) is 6.30. The van der Waals surface area contributed by atoms with Crippen LogP contribution in [0.5, 0.6) is 0 Å². The molecule has 1 aromatic rings. The topological polar surface area (TPSA) is 90.9 Å². The van der Waals surface area contributed by atoms with Gasteiger partial charge in [-0.15, -0.1) is 0 Å². The molecule has 1 aromatic heterocycles. The van der Waals surface area contributed by atoms with E-state index in [0.29, 0.717) is 0 Å². The van der Waals surface area contributed by atoms with Crippen LogP contribution in [0, 0.1) is 0 Å². The number of furan rings is 1. The third kappa shape index (κ3) is 4.48. The van der Waals surface area contributed by atoms with Gasteiger partial charge in [-0.05, 0) is 6.07 Å². The molecular formula is C7H10O5. The van der Waals surface area contributed by atoms with Gasteiger partial charge in [0.2, 0.25) is 0 Å². The summed E-state index contributed by atoms with van der Waals surface area (Å²) in [6, 6.07) is 1.39. The first-order valence-corrected chi connectivity index (χ1v) is 3.19. The van der Waals surface area contributed by atoms with Crippen LogP contribution in [0.25, 0.3) is 0 Å². The summed E-state index contributed by atoms with van der Waals surface area (Å²) in [5.41, 5.74) is 0.185. The molecule has 5 nitrogen and oxygen atoms in total. The van der Waals surface area contributed by atoms with Gasteiger partial charge in [-0.2, -0.15) is 0 Å². The molecule has 0 saturated carbocycles. The SMILES string of the molecule is O=C(O)c1ccoc1.OCCO. The van der Waals surface area contributed by atoms with Crippen LogP contribution in [0.2, 0.25) is 0 Å². The van der Waals surface area contributed by atoms with Crippen molar-refractivity contribution in [3.05, 3.63) is 24.2 Å². The summed E-state index contributed by atoms with van der Waals surface area (Å²) in [7, 11) is 0. The first-order chi connectivity index (χ1) is 5.72. The summed E-state index contributed by atoms with van der Waals surface area (Å²) in [5.74, 6) is -0.959. The number of aliphatic hydroxyl groups excluding tert-OH is 2. The normalized spacial score (nSPS) is 8.50. The van der Waals surface area contributed by atoms with Gasteiger partial charge in [0.25, 0.3) is 0 Å². The largest absolute Gasteiger partial charge is 0.478 e. The molecule has 0 spiro atoms. The van der Waals surface area contributed by atoms with Gasteiger partial charge in [-0.3, -0.25) is 0 Å². The molecule has 0 aliphatic heterocycles. The van der Waals surface area contributed by atoms with Gasteiger partial charge in [-0.1, -0.05) is 0 Å². The summed E-state index contributed by atoms with van der Waals surface area (Å²) in [5, 5.41) is 23.5. The highest BCUT2D eigenvalue weighted by Gasteiger charge is 2.00. The summed E-state index contributed by atoms with van der Waals surface area (Å²) >= 11 is 0. The molecule has 0 aliphatic rings. The number of aliphatic hydroxyl groups is 2. The summed E-state index contributed by atoms with van der Waals surface area (Å²) < 4.78 is 4.49. The van der Waals surface area contributed by atoms with Crippen molar-refractivity contribution in [2.75, 3.05) is 13.2 Å². The van der Waals surface area contributed by atoms with Crippen molar-refractivity contribution in [3.63, 3.8) is 0 Å². The maximum absolute atomic E-state index is 10.0. The minimum absolute atomic E-state index is 0.125. The van der Waals surface area contributed by atoms with Crippen molar-refractivity contribution in [3.8, 4) is 0 Å². The molecular weight excluding hydrogens is 164 g/mol. The van der Waals surface area contributed by atoms with Crippen LogP contribution in [0.15, 0.2) is 23.0 Å². The van der Waals surface area contributed by atoms with Crippen molar-refractivity contribution >= 4 is 5.97 Å². The highest BCUT2D eigenvalue weighted by atomic mass is 16.4. The summed E-state index contributed by atoms with van der Waals surface area (Å²) in [6.07, 6.45) is 2.51. The Bertz CT molecular complexity index is 202. The molecule has 12 heavy (non-hydrogen) atoms. The van der Waals surface area contributed by atoms with Crippen molar-refractivity contribution in [2.45, 2.75) is 0 Å². The lowest BCUT2D eigenvalue weighted by Gasteiger charge is -1.77. The molecule has 0 amide bonds. The van der Waals surface area contributed by atoms with E-state index in [1.165, 1.54) is 18.6 Å². The van der Waals surface area contributed by atoms with Crippen LogP contribution in [-0.2, 0) is 0 Å². The van der Waals surface area contributed by atoms with Crippen LogP contribution < -0.4 is 0 Å². The van der Waals surface area contributed by atoms with Gasteiger partial charge in [0.1, 0.15) is 6.26 Å². The second-order valence-electron chi connectivity index (χ2n) is 1.76. The molecule has 0 saturated heterocycles. The standard InChI is InChI=1S/C5H4O3.C2H6O2/c6-5(7)4-1-2-8-3-4;3-1-2-4/h1-3H,(H,6,7);3-4H,1-2H2. The van der Waals surface area contributed by atoms with E-state index in [1.54, 1.807) is 0 Å². The lowest BCUT2D eigenvalue weighted by molar-refractivity contribution is 0.0696. The highest BCUT2D eigenvalue weighted by Crippen LogP contribution is 1.97. The van der Waals surface area contributed by atoms with Crippen molar-refractivity contribution in [2.24, 2.45) is 0 Å². The smallest absolute Gasteiger partial charge is 0.338 e. The van der Waals surface area contributed by atoms with E-state index in [2.05, 4.69) is 4.42 Å². The fourth-order valence-corrected chi connectivity index (χ4v) is 0.386. The fraction of sp³-hybridized carbons (Fsp3) is 0.286. The van der Waals surface area contributed by atoms with E-state index in [9.17, 15) is 4.79 Å². The summed E-state index contributed by atoms with van der Waals surface area (Å²) in [4.78, 5) is 10.0. The first-order valence-electron chi connectivity index (χ1n) is 3.19. The molecule has 0 aromatic carbocycles. The summed E-state index contributed by atoms with van der Waals surface area (Å²) in [6.45, 7) is -0.250. The van der Waals surface area contributed by atoms with Gasteiger partial charge in [0.05, 0.1) is 25.0 Å². The Morgan fingerprint density at radius 2 is 2.00 bits per heavy atom. The van der Waals surface area contributed by atoms with Crippen molar-refractivity contribution < 1.29 is 24.5 Å². The lowest BCUT2D eigenvalue weighted by atomic mass is 10.4. The predicted octanol–water partition coefficient (Wildman–Crippen LogP) is -0.0512. The molecule has 1 rings (SSSR count). The molecule has 68 valence electrons. The molecule has 0 atom stereocenters. The van der Waals surface area contributed by atoms with Crippen LogP contribution >= 0.6 is 0 Å². The van der Waals surface area contributed by atoms with E-state index in [4.69, 9.17) is 15.3 Å². The Balaban J connectivity index is 0.000000261. The van der Waals surface area contributed by atoms with Crippen molar-refractivity contribution in [1.29, 1.82) is 0 Å². The molecule has 0 unspecified atom stereocenters. The van der Waals surface area contributed by atoms with Gasteiger partial charge < -0.3 is 19.7 Å². The number of hydrogen-bond donors (Lipinski definition) is 3. The highest BCUT2D eigenvalue weighted by molar-refractivity contribution is 5.86. The van der Waals surface area contributed by atoms with E-state index >= 15 is 0 Å². The minimum Gasteiger partial charge on any atom is -0.478 e. The Morgan fingerprint density at radius 3 is 2.17 bits per heavy atom. The van der Waals surface area contributed by atoms with Crippen LogP contribution in [-0.4, -0.2) is 34.5 Å². The Kier molecular flexibility index (Phi) is 5.68. The molecule has 5 heteroatoms. The Morgan fingerprint density at radius 1 is 1.42 bits per heavy atom. The number of carbonyl (C=O) groups is 1. The number of carboxylic acids is 1. The van der Waals surface area contributed by atoms with E-state index in [1.807, 2.05) is 0 Å². The minimum atomic E-state index is -0.959. The van der Waals surface area contributed by atoms with E-state index in [-0.39, 0.29) is 18.8 Å². The maximum Gasteiger partial charge on any atom is 0.338 e. The monoisotopic (exact) mass is 174 g/mol. The van der Waals surface area contributed by atoms with Crippen LogP contribution in [0.4, 0.5) is 0 Å². The lowest BCUT2D eigenvalue weighted by Crippen LogP contribution is -1.90. The second-order valence-corrected chi connectivity index (χ2v) is 1.76. The van der Waals surface area contributed by atoms with Crippen molar-refractivity contribution in [1.82, 2.24) is 0 Å². The van der Waals surface area contributed by atoms with Crippen LogP contribution in [0.1, 0.15) is 10.4 Å². The van der Waals surface area contributed by atoms with Gasteiger partial charge in [-0.25, -0.2) is 4.79 Å². The molecule has 0 radical (unpaired) electrons. The Labute approximate surface area is 68.9 Å². The van der Waals surface area contributed by atoms with Gasteiger partial charge >= 0.3 is 5.97 Å². The number of hydrogen-bond acceptors (Lipinski definition) is 4. The second kappa shape index (κ2) is 6.38. The van der Waals surface area contributed by atoms with Crippen LogP contribution in [0.3, 0.4) is 0 Å². The number of carboxylic acid groups (broad SMARTS) is 1. The molecule has 0 bridgehead atoms. The zero-order valence-corrected chi connectivity index (χ0v) is 6.30. The fourth-order valence-electron chi connectivity index (χ4n) is 0.386. The zero-order chi connectivity index (χ0) is 9.40. The molecule has 0 aliphatic carbocycles. The average Bonchev–Trinajstić information content (AvgIpc) is 2.57. The molecule has 0 fully saturated rings. The van der Waals surface area contributed by atoms with Gasteiger partial charge in [0.15, 0.2) is 0 Å². The quantitative estimate of drug-likeness (QED) is 0.584. The molecule has 3 N–H and O–H groups in total. The first kappa shape index (κ1) is 10.7. The number of rotatable bonds is 2. The Hall–Kier alpha value is -1.33. The predicted molar refractivity (Wildman–Crippen MR) is 39.8 cm³/mol. The van der Waals surface area contributed by atoms with E-state index in [0.717, 1.165) is 0 Å². The third-order valence-electron chi connectivity index (χ3n) is 0.868. The average molecular weight is 174 g/mol. The van der Waals surface area contributed by atoms with Gasteiger partial charge in [0, 0.05) is 0 Å².